The number of sulfonamides is 1. The van der Waals surface area contributed by atoms with Crippen molar-refractivity contribution in [2.75, 3.05) is 21.9 Å². The molecule has 0 radical (unpaired) electrons. The fourth-order valence-electron chi connectivity index (χ4n) is 2.72. The molecule has 0 aromatic heterocycles. The lowest BCUT2D eigenvalue weighted by molar-refractivity contribution is -0.137. The van der Waals surface area contributed by atoms with Gasteiger partial charge in [0.2, 0.25) is 10.0 Å². The number of hydrogen-bond acceptors (Lipinski definition) is 4. The number of nitrogens with zero attached hydrogens (tertiary/aromatic N) is 1. The zero-order chi connectivity index (χ0) is 20.5. The van der Waals surface area contributed by atoms with Gasteiger partial charge in [-0.2, -0.15) is 13.2 Å². The van der Waals surface area contributed by atoms with Gasteiger partial charge in [0, 0.05) is 5.69 Å². The number of halogens is 3. The van der Waals surface area contributed by atoms with Crippen molar-refractivity contribution < 1.29 is 31.1 Å². The van der Waals surface area contributed by atoms with Crippen molar-refractivity contribution >= 4 is 27.3 Å². The van der Waals surface area contributed by atoms with E-state index in [1.54, 1.807) is 24.3 Å². The summed E-state index contributed by atoms with van der Waals surface area (Å²) in [6.45, 7) is 1.25. The molecule has 28 heavy (non-hydrogen) atoms. The van der Waals surface area contributed by atoms with Gasteiger partial charge in [-0.3, -0.25) is 9.10 Å². The number of alkyl halides is 3. The SMILES string of the molecule is CCS(=O)(=O)N1CC(C(=O)Nc2ccc(C(F)(F)F)cc2)Oc2ccccc21. The van der Waals surface area contributed by atoms with Crippen molar-refractivity contribution in [1.29, 1.82) is 0 Å². The van der Waals surface area contributed by atoms with E-state index in [0.717, 1.165) is 28.6 Å². The number of hydrogen-bond donors (Lipinski definition) is 1. The van der Waals surface area contributed by atoms with E-state index in [0.29, 0.717) is 5.69 Å². The minimum Gasteiger partial charge on any atom is -0.476 e. The molecule has 3 rings (SSSR count). The summed E-state index contributed by atoms with van der Waals surface area (Å²) in [6, 6.07) is 10.4. The van der Waals surface area contributed by atoms with Crippen LogP contribution in [0.2, 0.25) is 0 Å². The highest BCUT2D eigenvalue weighted by atomic mass is 32.2. The van der Waals surface area contributed by atoms with Gasteiger partial charge in [-0.05, 0) is 43.3 Å². The number of anilines is 2. The Morgan fingerprint density at radius 1 is 1.18 bits per heavy atom. The van der Waals surface area contributed by atoms with Crippen LogP contribution in [0.25, 0.3) is 0 Å². The molecule has 1 heterocycles. The lowest BCUT2D eigenvalue weighted by Gasteiger charge is -2.34. The lowest BCUT2D eigenvalue weighted by Crippen LogP contribution is -2.49. The van der Waals surface area contributed by atoms with Crippen molar-refractivity contribution in [2.45, 2.75) is 19.2 Å². The standard InChI is InChI=1S/C18H17F3N2O4S/c1-2-28(25,26)23-11-16(27-15-6-4-3-5-14(15)23)17(24)22-13-9-7-12(8-10-13)18(19,20)21/h3-10,16H,2,11H2,1H3,(H,22,24). The van der Waals surface area contributed by atoms with Crippen LogP contribution in [0.15, 0.2) is 48.5 Å². The molecule has 6 nitrogen and oxygen atoms in total. The largest absolute Gasteiger partial charge is 0.476 e. The van der Waals surface area contributed by atoms with Crippen LogP contribution in [0, 0.1) is 0 Å². The van der Waals surface area contributed by atoms with Gasteiger partial charge < -0.3 is 10.1 Å². The molecule has 0 fully saturated rings. The summed E-state index contributed by atoms with van der Waals surface area (Å²) >= 11 is 0. The van der Waals surface area contributed by atoms with Crippen molar-refractivity contribution in [2.24, 2.45) is 0 Å². The molecule has 0 spiro atoms. The van der Waals surface area contributed by atoms with Crippen molar-refractivity contribution in [3.63, 3.8) is 0 Å². The van der Waals surface area contributed by atoms with Gasteiger partial charge >= 0.3 is 6.18 Å². The molecule has 150 valence electrons. The normalized spacial score (nSPS) is 16.9. The summed E-state index contributed by atoms with van der Waals surface area (Å²) < 4.78 is 69.4. The highest BCUT2D eigenvalue weighted by molar-refractivity contribution is 7.92. The molecule has 0 aliphatic carbocycles. The van der Waals surface area contributed by atoms with E-state index < -0.39 is 33.8 Å². The fraction of sp³-hybridized carbons (Fsp3) is 0.278. The van der Waals surface area contributed by atoms with E-state index >= 15 is 0 Å². The van der Waals surface area contributed by atoms with E-state index in [1.807, 2.05) is 0 Å². The first-order valence-electron chi connectivity index (χ1n) is 8.36. The Bertz CT molecular complexity index is 975. The Morgan fingerprint density at radius 2 is 1.82 bits per heavy atom. The highest BCUT2D eigenvalue weighted by Gasteiger charge is 2.36. The van der Waals surface area contributed by atoms with E-state index in [1.165, 1.54) is 6.92 Å². The summed E-state index contributed by atoms with van der Waals surface area (Å²) in [5, 5.41) is 2.46. The van der Waals surface area contributed by atoms with Gasteiger partial charge in [-0.15, -0.1) is 0 Å². The molecule has 1 amide bonds. The van der Waals surface area contributed by atoms with Crippen molar-refractivity contribution in [3.8, 4) is 5.75 Å². The number of carbonyl (C=O) groups is 1. The lowest BCUT2D eigenvalue weighted by atomic mass is 10.2. The molecule has 0 saturated heterocycles. The van der Waals surface area contributed by atoms with Crippen LogP contribution in [0.4, 0.5) is 24.5 Å². The molecule has 0 bridgehead atoms. The van der Waals surface area contributed by atoms with Crippen molar-refractivity contribution in [3.05, 3.63) is 54.1 Å². The average Bonchev–Trinajstić information content (AvgIpc) is 2.66. The molecule has 0 saturated carbocycles. The molecular formula is C18H17F3N2O4S. The first kappa shape index (κ1) is 20.0. The minimum absolute atomic E-state index is 0.144. The van der Waals surface area contributed by atoms with Crippen molar-refractivity contribution in [1.82, 2.24) is 0 Å². The third kappa shape index (κ3) is 4.06. The Morgan fingerprint density at radius 3 is 2.43 bits per heavy atom. The molecular weight excluding hydrogens is 397 g/mol. The zero-order valence-electron chi connectivity index (χ0n) is 14.7. The molecule has 2 aromatic carbocycles. The number of benzene rings is 2. The summed E-state index contributed by atoms with van der Waals surface area (Å²) in [4.78, 5) is 12.5. The topological polar surface area (TPSA) is 75.7 Å². The molecule has 10 heteroatoms. The van der Waals surface area contributed by atoms with Gasteiger partial charge in [0.1, 0.15) is 5.75 Å². The molecule has 1 aliphatic rings. The van der Waals surface area contributed by atoms with Gasteiger partial charge in [0.15, 0.2) is 6.10 Å². The van der Waals surface area contributed by atoms with Crippen LogP contribution in [-0.2, 0) is 21.0 Å². The summed E-state index contributed by atoms with van der Waals surface area (Å²) in [7, 11) is -3.65. The predicted molar refractivity (Wildman–Crippen MR) is 97.7 cm³/mol. The Labute approximate surface area is 160 Å². The number of rotatable bonds is 4. The minimum atomic E-state index is -4.48. The predicted octanol–water partition coefficient (Wildman–Crippen LogP) is 3.26. The number of nitrogens with one attached hydrogen (secondary N) is 1. The summed E-state index contributed by atoms with van der Waals surface area (Å²) in [5.74, 6) is -0.585. The molecule has 1 atom stereocenters. The van der Waals surface area contributed by atoms with E-state index in [9.17, 15) is 26.4 Å². The maximum atomic E-state index is 12.6. The van der Waals surface area contributed by atoms with Crippen LogP contribution in [0.1, 0.15) is 12.5 Å². The maximum Gasteiger partial charge on any atom is 0.416 e. The molecule has 1 aliphatic heterocycles. The zero-order valence-corrected chi connectivity index (χ0v) is 15.5. The van der Waals surface area contributed by atoms with Gasteiger partial charge in [0.25, 0.3) is 5.91 Å². The van der Waals surface area contributed by atoms with Gasteiger partial charge in [-0.1, -0.05) is 12.1 Å². The van der Waals surface area contributed by atoms with Gasteiger partial charge in [-0.25, -0.2) is 8.42 Å². The fourth-order valence-corrected chi connectivity index (χ4v) is 3.85. The third-order valence-electron chi connectivity index (χ3n) is 4.21. The number of amides is 1. The average molecular weight is 414 g/mol. The number of fused-ring (bicyclic) bond motifs is 1. The second-order valence-corrected chi connectivity index (χ2v) is 8.25. The van der Waals surface area contributed by atoms with Crippen LogP contribution in [0.3, 0.4) is 0 Å². The second kappa shape index (κ2) is 7.34. The maximum absolute atomic E-state index is 12.6. The number of ether oxygens (including phenoxy) is 1. The first-order valence-corrected chi connectivity index (χ1v) is 9.97. The first-order chi connectivity index (χ1) is 13.1. The van der Waals surface area contributed by atoms with Crippen LogP contribution in [-0.4, -0.2) is 32.7 Å². The Hall–Kier alpha value is -2.75. The Kier molecular flexibility index (Phi) is 5.24. The quantitative estimate of drug-likeness (QED) is 0.833. The summed E-state index contributed by atoms with van der Waals surface area (Å²) in [6.07, 6.45) is -5.63. The Balaban J connectivity index is 1.81. The molecule has 1 unspecified atom stereocenters. The van der Waals surface area contributed by atoms with E-state index in [-0.39, 0.29) is 23.7 Å². The summed E-state index contributed by atoms with van der Waals surface area (Å²) in [5.41, 5.74) is -0.359. The number of para-hydroxylation sites is 2. The smallest absolute Gasteiger partial charge is 0.416 e. The van der Waals surface area contributed by atoms with Gasteiger partial charge in [0.05, 0.1) is 23.5 Å². The van der Waals surface area contributed by atoms with Crippen LogP contribution in [0.5, 0.6) is 5.75 Å². The second-order valence-electron chi connectivity index (χ2n) is 6.07. The van der Waals surface area contributed by atoms with E-state index in [2.05, 4.69) is 5.32 Å². The van der Waals surface area contributed by atoms with E-state index in [4.69, 9.17) is 4.74 Å². The monoisotopic (exact) mass is 414 g/mol. The third-order valence-corrected chi connectivity index (χ3v) is 5.95. The van der Waals surface area contributed by atoms with Crippen LogP contribution < -0.4 is 14.4 Å². The molecule has 1 N–H and O–H groups in total. The number of carbonyl (C=O) groups excluding carboxylic acids is 1. The molecule has 2 aromatic rings. The highest BCUT2D eigenvalue weighted by Crippen LogP contribution is 2.35. The van der Waals surface area contributed by atoms with Crippen LogP contribution >= 0.6 is 0 Å².